The van der Waals surface area contributed by atoms with Crippen LogP contribution in [0.4, 0.5) is 4.39 Å². The summed E-state index contributed by atoms with van der Waals surface area (Å²) in [7, 11) is 0. The first-order valence-electron chi connectivity index (χ1n) is 12.5. The standard InChI is InChI=1S/C29H39F/c1-3-5-7-21-8-10-22(11-9-21)23-12-14-24(15-13-23)26-18-19-28-27(20-26)17-16-25(6-4-2)29(28)30/h3,16-24H,1,4-15H2,2H3. The quantitative estimate of drug-likeness (QED) is 0.402. The number of aryl methyl sites for hydroxylation is 1. The molecule has 0 spiro atoms. The third-order valence-corrected chi connectivity index (χ3v) is 8.16. The lowest BCUT2D eigenvalue weighted by atomic mass is 9.68. The molecule has 2 aliphatic rings. The summed E-state index contributed by atoms with van der Waals surface area (Å²) in [6.45, 7) is 5.99. The van der Waals surface area contributed by atoms with Gasteiger partial charge in [0.15, 0.2) is 0 Å². The molecule has 0 radical (unpaired) electrons. The molecule has 2 aromatic rings. The van der Waals surface area contributed by atoms with Crippen LogP contribution < -0.4 is 0 Å². The van der Waals surface area contributed by atoms with Gasteiger partial charge in [-0.3, -0.25) is 0 Å². The summed E-state index contributed by atoms with van der Waals surface area (Å²) >= 11 is 0. The lowest BCUT2D eigenvalue weighted by Gasteiger charge is -2.38. The summed E-state index contributed by atoms with van der Waals surface area (Å²) in [5.41, 5.74) is 2.29. The molecular formula is C29H39F. The van der Waals surface area contributed by atoms with E-state index in [0.29, 0.717) is 5.92 Å². The van der Waals surface area contributed by atoms with E-state index < -0.39 is 0 Å². The molecule has 0 heterocycles. The minimum atomic E-state index is -0.00620. The average molecular weight is 407 g/mol. The maximum absolute atomic E-state index is 14.8. The van der Waals surface area contributed by atoms with Crippen molar-refractivity contribution in [1.29, 1.82) is 0 Å². The number of benzene rings is 2. The molecule has 0 saturated heterocycles. The van der Waals surface area contributed by atoms with Gasteiger partial charge in [-0.15, -0.1) is 6.58 Å². The van der Waals surface area contributed by atoms with E-state index in [1.54, 1.807) is 0 Å². The van der Waals surface area contributed by atoms with Gasteiger partial charge in [-0.05, 0) is 98.0 Å². The number of allylic oxidation sites excluding steroid dienone is 1. The van der Waals surface area contributed by atoms with Crippen molar-refractivity contribution in [2.24, 2.45) is 17.8 Å². The Labute approximate surface area is 183 Å². The maximum Gasteiger partial charge on any atom is 0.134 e. The van der Waals surface area contributed by atoms with E-state index in [1.807, 2.05) is 12.1 Å². The molecule has 2 saturated carbocycles. The van der Waals surface area contributed by atoms with Gasteiger partial charge in [-0.25, -0.2) is 4.39 Å². The molecular weight excluding hydrogens is 367 g/mol. The number of rotatable bonds is 7. The summed E-state index contributed by atoms with van der Waals surface area (Å²) in [6.07, 6.45) is 17.6. The Balaban J connectivity index is 1.34. The second-order valence-corrected chi connectivity index (χ2v) is 10.0. The zero-order valence-corrected chi connectivity index (χ0v) is 18.8. The summed E-state index contributed by atoms with van der Waals surface area (Å²) in [5, 5.41) is 1.87. The predicted molar refractivity (Wildman–Crippen MR) is 127 cm³/mol. The summed E-state index contributed by atoms with van der Waals surface area (Å²) in [5.74, 6) is 3.51. The Hall–Kier alpha value is -1.63. The molecule has 0 amide bonds. The van der Waals surface area contributed by atoms with Crippen LogP contribution in [0.1, 0.15) is 94.6 Å². The molecule has 4 rings (SSSR count). The minimum absolute atomic E-state index is 0.00620. The Kier molecular flexibility index (Phi) is 7.28. The average Bonchev–Trinajstić information content (AvgIpc) is 2.80. The normalized spacial score (nSPS) is 27.3. The largest absolute Gasteiger partial charge is 0.206 e. The van der Waals surface area contributed by atoms with Gasteiger partial charge in [-0.1, -0.05) is 62.6 Å². The van der Waals surface area contributed by atoms with E-state index in [2.05, 4.69) is 37.8 Å². The number of fused-ring (bicyclic) bond motifs is 1. The van der Waals surface area contributed by atoms with Crippen LogP contribution >= 0.6 is 0 Å². The highest BCUT2D eigenvalue weighted by Crippen LogP contribution is 2.44. The molecule has 2 fully saturated rings. The fourth-order valence-electron chi connectivity index (χ4n) is 6.30. The van der Waals surface area contributed by atoms with Gasteiger partial charge < -0.3 is 0 Å². The third-order valence-electron chi connectivity index (χ3n) is 8.16. The van der Waals surface area contributed by atoms with Crippen molar-refractivity contribution in [3.8, 4) is 0 Å². The van der Waals surface area contributed by atoms with Crippen molar-refractivity contribution in [1.82, 2.24) is 0 Å². The molecule has 0 atom stereocenters. The van der Waals surface area contributed by atoms with Crippen molar-refractivity contribution < 1.29 is 4.39 Å². The first kappa shape index (κ1) is 21.6. The van der Waals surface area contributed by atoms with E-state index in [9.17, 15) is 4.39 Å². The fourth-order valence-corrected chi connectivity index (χ4v) is 6.30. The van der Waals surface area contributed by atoms with E-state index >= 15 is 0 Å². The number of hydrogen-bond donors (Lipinski definition) is 0. The number of halogens is 1. The monoisotopic (exact) mass is 406 g/mol. The van der Waals surface area contributed by atoms with Crippen molar-refractivity contribution >= 4 is 10.8 Å². The molecule has 30 heavy (non-hydrogen) atoms. The zero-order chi connectivity index (χ0) is 20.9. The highest BCUT2D eigenvalue weighted by Gasteiger charge is 2.31. The lowest BCUT2D eigenvalue weighted by Crippen LogP contribution is -2.25. The Morgan fingerprint density at radius 2 is 1.63 bits per heavy atom. The Morgan fingerprint density at radius 1 is 0.933 bits per heavy atom. The second-order valence-electron chi connectivity index (χ2n) is 10.0. The van der Waals surface area contributed by atoms with Crippen LogP contribution in [-0.2, 0) is 6.42 Å². The van der Waals surface area contributed by atoms with Crippen molar-refractivity contribution in [3.05, 3.63) is 59.9 Å². The van der Waals surface area contributed by atoms with Crippen molar-refractivity contribution in [2.75, 3.05) is 0 Å². The zero-order valence-electron chi connectivity index (χ0n) is 18.8. The highest BCUT2D eigenvalue weighted by molar-refractivity contribution is 5.84. The summed E-state index contributed by atoms with van der Waals surface area (Å²) < 4.78 is 14.8. The molecule has 0 aliphatic heterocycles. The molecule has 162 valence electrons. The van der Waals surface area contributed by atoms with Crippen LogP contribution in [-0.4, -0.2) is 0 Å². The minimum Gasteiger partial charge on any atom is -0.206 e. The van der Waals surface area contributed by atoms with Crippen LogP contribution in [0.15, 0.2) is 43.0 Å². The third kappa shape index (κ3) is 4.82. The predicted octanol–water partition coefficient (Wildman–Crippen LogP) is 8.98. The van der Waals surface area contributed by atoms with Gasteiger partial charge >= 0.3 is 0 Å². The molecule has 0 N–H and O–H groups in total. The fraction of sp³-hybridized carbons (Fsp3) is 0.586. The molecule has 1 heteroatoms. The first-order valence-corrected chi connectivity index (χ1v) is 12.5. The van der Waals surface area contributed by atoms with Gasteiger partial charge in [0, 0.05) is 5.39 Å². The SMILES string of the molecule is C=CCCC1CCC(C2CCC(c3ccc4c(F)c(CCC)ccc4c3)CC2)CC1. The topological polar surface area (TPSA) is 0 Å². The van der Waals surface area contributed by atoms with E-state index in [4.69, 9.17) is 0 Å². The molecule has 0 unspecified atom stereocenters. The van der Waals surface area contributed by atoms with Gasteiger partial charge in [0.05, 0.1) is 0 Å². The molecule has 0 nitrogen and oxygen atoms in total. The van der Waals surface area contributed by atoms with Crippen LogP contribution in [0.3, 0.4) is 0 Å². The summed E-state index contributed by atoms with van der Waals surface area (Å²) in [6, 6.07) is 10.6. The van der Waals surface area contributed by atoms with Gasteiger partial charge in [-0.2, -0.15) is 0 Å². The molecule has 0 bridgehead atoms. The van der Waals surface area contributed by atoms with E-state index in [-0.39, 0.29) is 5.82 Å². The molecule has 2 aromatic carbocycles. The van der Waals surface area contributed by atoms with Gasteiger partial charge in [0.25, 0.3) is 0 Å². The lowest BCUT2D eigenvalue weighted by molar-refractivity contribution is 0.157. The number of hydrogen-bond acceptors (Lipinski definition) is 0. The second kappa shape index (κ2) is 10.1. The Bertz CT molecular complexity index is 835. The Morgan fingerprint density at radius 3 is 2.30 bits per heavy atom. The summed E-state index contributed by atoms with van der Waals surface area (Å²) in [4.78, 5) is 0. The van der Waals surface area contributed by atoms with Crippen LogP contribution in [0, 0.1) is 23.6 Å². The van der Waals surface area contributed by atoms with E-state index in [1.165, 1.54) is 69.8 Å². The maximum atomic E-state index is 14.8. The molecule has 0 aromatic heterocycles. The van der Waals surface area contributed by atoms with Crippen LogP contribution in [0.5, 0.6) is 0 Å². The van der Waals surface area contributed by atoms with E-state index in [0.717, 1.165) is 46.9 Å². The van der Waals surface area contributed by atoms with Gasteiger partial charge in [0.2, 0.25) is 0 Å². The van der Waals surface area contributed by atoms with Gasteiger partial charge in [0.1, 0.15) is 5.82 Å². The smallest absolute Gasteiger partial charge is 0.134 e. The van der Waals surface area contributed by atoms with Crippen molar-refractivity contribution in [2.45, 2.75) is 89.9 Å². The van der Waals surface area contributed by atoms with Crippen molar-refractivity contribution in [3.63, 3.8) is 0 Å². The molecule has 2 aliphatic carbocycles. The highest BCUT2D eigenvalue weighted by atomic mass is 19.1. The first-order chi connectivity index (χ1) is 14.7. The van der Waals surface area contributed by atoms with Crippen LogP contribution in [0.25, 0.3) is 10.8 Å². The van der Waals surface area contributed by atoms with Crippen LogP contribution in [0.2, 0.25) is 0 Å².